The standard InChI is InChI=1S/C16H13N/c1-4-8-14-11(5-1)9-15-13-7-3-2-6-12(13)10-17-16(14)15/h1-8,17H,9-10H2. The normalized spacial score (nSPS) is 16.0. The first-order chi connectivity index (χ1) is 8.43. The van der Waals surface area contributed by atoms with Crippen molar-refractivity contribution in [1.29, 1.82) is 0 Å². The van der Waals surface area contributed by atoms with E-state index in [1.54, 1.807) is 0 Å². The van der Waals surface area contributed by atoms with Gasteiger partial charge in [-0.1, -0.05) is 48.5 Å². The Hall–Kier alpha value is -2.02. The largest absolute Gasteiger partial charge is 0.380 e. The Balaban J connectivity index is 1.95. The molecule has 0 radical (unpaired) electrons. The van der Waals surface area contributed by atoms with Crippen molar-refractivity contribution in [3.63, 3.8) is 0 Å². The van der Waals surface area contributed by atoms with Gasteiger partial charge in [-0.3, -0.25) is 0 Å². The number of benzene rings is 2. The van der Waals surface area contributed by atoms with E-state index in [1.807, 2.05) is 0 Å². The lowest BCUT2D eigenvalue weighted by Gasteiger charge is -2.20. The van der Waals surface area contributed by atoms with Crippen LogP contribution in [0.1, 0.15) is 22.3 Å². The third-order valence-corrected chi connectivity index (χ3v) is 3.75. The van der Waals surface area contributed by atoms with E-state index in [4.69, 9.17) is 0 Å². The van der Waals surface area contributed by atoms with E-state index in [0.29, 0.717) is 0 Å². The predicted octanol–water partition coefficient (Wildman–Crippen LogP) is 3.21. The van der Waals surface area contributed by atoms with Crippen molar-refractivity contribution >= 4 is 11.3 Å². The minimum atomic E-state index is 0.948. The molecule has 82 valence electrons. The highest BCUT2D eigenvalue weighted by Gasteiger charge is 2.26. The Kier molecular flexibility index (Phi) is 1.72. The molecule has 1 aliphatic carbocycles. The summed E-state index contributed by atoms with van der Waals surface area (Å²) >= 11 is 0. The smallest absolute Gasteiger partial charge is 0.0461 e. The van der Waals surface area contributed by atoms with Crippen molar-refractivity contribution in [1.82, 2.24) is 5.32 Å². The predicted molar refractivity (Wildman–Crippen MR) is 70.2 cm³/mol. The molecule has 2 aliphatic rings. The van der Waals surface area contributed by atoms with Crippen molar-refractivity contribution in [2.75, 3.05) is 0 Å². The molecular weight excluding hydrogens is 206 g/mol. The third kappa shape index (κ3) is 1.19. The summed E-state index contributed by atoms with van der Waals surface area (Å²) in [6.07, 6.45) is 1.06. The van der Waals surface area contributed by atoms with Gasteiger partial charge in [0.25, 0.3) is 0 Å². The van der Waals surface area contributed by atoms with E-state index in [0.717, 1.165) is 13.0 Å². The monoisotopic (exact) mass is 219 g/mol. The lowest BCUT2D eigenvalue weighted by Crippen LogP contribution is -2.17. The summed E-state index contributed by atoms with van der Waals surface area (Å²) in [5.74, 6) is 0. The van der Waals surface area contributed by atoms with E-state index < -0.39 is 0 Å². The molecule has 17 heavy (non-hydrogen) atoms. The van der Waals surface area contributed by atoms with Crippen LogP contribution in [0.25, 0.3) is 11.3 Å². The van der Waals surface area contributed by atoms with Crippen LogP contribution in [-0.4, -0.2) is 0 Å². The highest BCUT2D eigenvalue weighted by atomic mass is 14.9. The van der Waals surface area contributed by atoms with Gasteiger partial charge in [-0.25, -0.2) is 0 Å². The number of nitrogens with one attached hydrogen (secondary N) is 1. The van der Waals surface area contributed by atoms with E-state index in [1.165, 1.54) is 33.5 Å². The molecule has 4 rings (SSSR count). The van der Waals surface area contributed by atoms with Crippen LogP contribution in [0.15, 0.2) is 48.5 Å². The molecule has 1 heterocycles. The second-order valence-corrected chi connectivity index (χ2v) is 4.70. The summed E-state index contributed by atoms with van der Waals surface area (Å²) in [5.41, 5.74) is 8.49. The van der Waals surface area contributed by atoms with Gasteiger partial charge in [-0.2, -0.15) is 0 Å². The summed E-state index contributed by atoms with van der Waals surface area (Å²) in [6, 6.07) is 17.4. The van der Waals surface area contributed by atoms with Gasteiger partial charge in [0.05, 0.1) is 0 Å². The Labute approximate surface area is 101 Å². The summed E-state index contributed by atoms with van der Waals surface area (Å²) in [5, 5.41) is 3.57. The van der Waals surface area contributed by atoms with Crippen molar-refractivity contribution in [3.05, 3.63) is 70.8 Å². The van der Waals surface area contributed by atoms with Crippen LogP contribution in [-0.2, 0) is 13.0 Å². The molecule has 1 aliphatic heterocycles. The zero-order valence-corrected chi connectivity index (χ0v) is 9.53. The molecule has 2 aromatic carbocycles. The fourth-order valence-corrected chi connectivity index (χ4v) is 2.94. The van der Waals surface area contributed by atoms with E-state index in [2.05, 4.69) is 53.8 Å². The molecular formula is C16H13N. The number of allylic oxidation sites excluding steroid dienone is 1. The lowest BCUT2D eigenvalue weighted by molar-refractivity contribution is 0.876. The summed E-state index contributed by atoms with van der Waals surface area (Å²) in [6.45, 7) is 0.948. The fourth-order valence-electron chi connectivity index (χ4n) is 2.94. The van der Waals surface area contributed by atoms with Gasteiger partial charge >= 0.3 is 0 Å². The second-order valence-electron chi connectivity index (χ2n) is 4.70. The van der Waals surface area contributed by atoms with Crippen LogP contribution in [0.5, 0.6) is 0 Å². The fraction of sp³-hybridized carbons (Fsp3) is 0.125. The molecule has 1 N–H and O–H groups in total. The Morgan fingerprint density at radius 1 is 0.765 bits per heavy atom. The highest BCUT2D eigenvalue weighted by molar-refractivity contribution is 5.98. The maximum atomic E-state index is 3.57. The van der Waals surface area contributed by atoms with Crippen molar-refractivity contribution in [3.8, 4) is 0 Å². The minimum absolute atomic E-state index is 0.948. The quantitative estimate of drug-likeness (QED) is 0.717. The Morgan fingerprint density at radius 3 is 2.35 bits per heavy atom. The minimum Gasteiger partial charge on any atom is -0.380 e. The van der Waals surface area contributed by atoms with Gasteiger partial charge < -0.3 is 5.32 Å². The van der Waals surface area contributed by atoms with Crippen LogP contribution < -0.4 is 5.32 Å². The maximum absolute atomic E-state index is 3.57. The van der Waals surface area contributed by atoms with Gasteiger partial charge in [0, 0.05) is 24.2 Å². The third-order valence-electron chi connectivity index (χ3n) is 3.75. The first-order valence-corrected chi connectivity index (χ1v) is 6.07. The zero-order chi connectivity index (χ0) is 11.2. The first kappa shape index (κ1) is 9.06. The molecule has 1 heteroatoms. The molecule has 0 aromatic heterocycles. The SMILES string of the molecule is c1ccc2c(c1)CNC1=C2Cc2ccccc21. The Bertz CT molecular complexity index is 637. The summed E-state index contributed by atoms with van der Waals surface area (Å²) in [4.78, 5) is 0. The molecule has 2 aromatic rings. The van der Waals surface area contributed by atoms with E-state index in [-0.39, 0.29) is 0 Å². The van der Waals surface area contributed by atoms with E-state index in [9.17, 15) is 0 Å². The summed E-state index contributed by atoms with van der Waals surface area (Å²) in [7, 11) is 0. The van der Waals surface area contributed by atoms with Crippen LogP contribution in [0.3, 0.4) is 0 Å². The van der Waals surface area contributed by atoms with Gasteiger partial charge in [-0.15, -0.1) is 0 Å². The number of hydrogen-bond acceptors (Lipinski definition) is 1. The molecule has 0 saturated carbocycles. The van der Waals surface area contributed by atoms with Gasteiger partial charge in [0.15, 0.2) is 0 Å². The highest BCUT2D eigenvalue weighted by Crippen LogP contribution is 2.40. The van der Waals surface area contributed by atoms with Crippen LogP contribution in [0.2, 0.25) is 0 Å². The van der Waals surface area contributed by atoms with Gasteiger partial charge in [0.1, 0.15) is 0 Å². The molecule has 0 spiro atoms. The number of fused-ring (bicyclic) bond motifs is 4. The topological polar surface area (TPSA) is 12.0 Å². The second kappa shape index (κ2) is 3.24. The van der Waals surface area contributed by atoms with Crippen LogP contribution in [0, 0.1) is 0 Å². The maximum Gasteiger partial charge on any atom is 0.0461 e. The van der Waals surface area contributed by atoms with Crippen LogP contribution >= 0.6 is 0 Å². The van der Waals surface area contributed by atoms with Crippen molar-refractivity contribution in [2.24, 2.45) is 0 Å². The number of hydrogen-bond donors (Lipinski definition) is 1. The molecule has 0 bridgehead atoms. The average molecular weight is 219 g/mol. The summed E-state index contributed by atoms with van der Waals surface area (Å²) < 4.78 is 0. The first-order valence-electron chi connectivity index (χ1n) is 6.07. The van der Waals surface area contributed by atoms with Crippen LogP contribution in [0.4, 0.5) is 0 Å². The average Bonchev–Trinajstić information content (AvgIpc) is 2.78. The lowest BCUT2D eigenvalue weighted by atomic mass is 9.95. The molecule has 0 saturated heterocycles. The molecule has 0 unspecified atom stereocenters. The van der Waals surface area contributed by atoms with Gasteiger partial charge in [0.2, 0.25) is 0 Å². The van der Waals surface area contributed by atoms with Crippen molar-refractivity contribution < 1.29 is 0 Å². The molecule has 0 atom stereocenters. The van der Waals surface area contributed by atoms with E-state index >= 15 is 0 Å². The molecule has 1 nitrogen and oxygen atoms in total. The van der Waals surface area contributed by atoms with Gasteiger partial charge in [-0.05, 0) is 22.3 Å². The zero-order valence-electron chi connectivity index (χ0n) is 9.53. The Morgan fingerprint density at radius 2 is 1.47 bits per heavy atom. The number of rotatable bonds is 0. The van der Waals surface area contributed by atoms with Crippen molar-refractivity contribution in [2.45, 2.75) is 13.0 Å². The molecule has 0 amide bonds. The molecule has 0 fully saturated rings.